The van der Waals surface area contributed by atoms with Gasteiger partial charge in [-0.15, -0.1) is 0 Å². The van der Waals surface area contributed by atoms with Crippen LogP contribution in [-0.4, -0.2) is 26.0 Å². The number of aryl methyl sites for hydroxylation is 1. The molecular formula is C12H12N4O2. The molecule has 0 unspecified atom stereocenters. The van der Waals surface area contributed by atoms with Crippen LogP contribution < -0.4 is 5.32 Å². The molecule has 2 aromatic heterocycles. The first-order valence-corrected chi connectivity index (χ1v) is 5.36. The third-order valence-electron chi connectivity index (χ3n) is 2.29. The monoisotopic (exact) mass is 244 g/mol. The van der Waals surface area contributed by atoms with Crippen LogP contribution in [0.3, 0.4) is 0 Å². The van der Waals surface area contributed by atoms with Crippen molar-refractivity contribution in [3.63, 3.8) is 0 Å². The molecule has 18 heavy (non-hydrogen) atoms. The number of hydrogen-bond donors (Lipinski definition) is 2. The molecule has 92 valence electrons. The number of aromatic nitrogens is 3. The quantitative estimate of drug-likeness (QED) is 0.847. The largest absolute Gasteiger partial charge is 0.478 e. The summed E-state index contributed by atoms with van der Waals surface area (Å²) in [5.74, 6) is -0.448. The Labute approximate surface area is 104 Å². The number of rotatable bonds is 4. The summed E-state index contributed by atoms with van der Waals surface area (Å²) in [6.45, 7) is 2.22. The van der Waals surface area contributed by atoms with Crippen LogP contribution >= 0.6 is 0 Å². The first-order chi connectivity index (χ1) is 8.65. The Bertz CT molecular complexity index is 557. The van der Waals surface area contributed by atoms with Crippen molar-refractivity contribution in [1.29, 1.82) is 0 Å². The summed E-state index contributed by atoms with van der Waals surface area (Å²) < 4.78 is 0. The van der Waals surface area contributed by atoms with Gasteiger partial charge in [0.25, 0.3) is 0 Å². The molecule has 0 spiro atoms. The third kappa shape index (κ3) is 3.00. The summed E-state index contributed by atoms with van der Waals surface area (Å²) in [6.07, 6.45) is 3.11. The summed E-state index contributed by atoms with van der Waals surface area (Å²) in [5.41, 5.74) is 1.68. The van der Waals surface area contributed by atoms with Gasteiger partial charge in [-0.1, -0.05) is 0 Å². The number of hydrogen-bond acceptors (Lipinski definition) is 5. The average molecular weight is 244 g/mol. The van der Waals surface area contributed by atoms with E-state index in [0.717, 1.165) is 5.69 Å². The molecule has 0 aromatic carbocycles. The average Bonchev–Trinajstić information content (AvgIpc) is 2.37. The summed E-state index contributed by atoms with van der Waals surface area (Å²) in [6, 6.07) is 4.80. The molecular weight excluding hydrogens is 232 g/mol. The smallest absolute Gasteiger partial charge is 0.335 e. The second kappa shape index (κ2) is 5.22. The molecule has 0 atom stereocenters. The van der Waals surface area contributed by atoms with Gasteiger partial charge in [0.1, 0.15) is 12.1 Å². The Morgan fingerprint density at radius 2 is 2.28 bits per heavy atom. The molecule has 6 nitrogen and oxygen atoms in total. The SMILES string of the molecule is Cc1cc(C(=O)O)cc(NCc2ccncn2)n1. The highest BCUT2D eigenvalue weighted by Gasteiger charge is 2.06. The lowest BCUT2D eigenvalue weighted by atomic mass is 10.2. The first kappa shape index (κ1) is 12.0. The van der Waals surface area contributed by atoms with Crippen LogP contribution in [0.2, 0.25) is 0 Å². The highest BCUT2D eigenvalue weighted by molar-refractivity contribution is 5.88. The normalized spacial score (nSPS) is 10.1. The van der Waals surface area contributed by atoms with E-state index in [1.165, 1.54) is 18.5 Å². The molecule has 0 fully saturated rings. The van der Waals surface area contributed by atoms with E-state index in [9.17, 15) is 4.79 Å². The van der Waals surface area contributed by atoms with Crippen LogP contribution in [0.4, 0.5) is 5.82 Å². The maximum atomic E-state index is 10.9. The Kier molecular flexibility index (Phi) is 3.47. The van der Waals surface area contributed by atoms with Crippen molar-refractivity contribution in [3.05, 3.63) is 47.7 Å². The first-order valence-electron chi connectivity index (χ1n) is 5.36. The molecule has 0 aliphatic rings. The molecule has 0 radical (unpaired) electrons. The van der Waals surface area contributed by atoms with E-state index < -0.39 is 5.97 Å². The van der Waals surface area contributed by atoms with Gasteiger partial charge in [-0.3, -0.25) is 0 Å². The Morgan fingerprint density at radius 3 is 2.94 bits per heavy atom. The van der Waals surface area contributed by atoms with Crippen LogP contribution in [0.25, 0.3) is 0 Å². The third-order valence-corrected chi connectivity index (χ3v) is 2.29. The predicted molar refractivity (Wildman–Crippen MR) is 65.3 cm³/mol. The zero-order valence-electron chi connectivity index (χ0n) is 9.79. The van der Waals surface area contributed by atoms with Gasteiger partial charge in [-0.05, 0) is 25.1 Å². The second-order valence-corrected chi connectivity index (χ2v) is 3.74. The summed E-state index contributed by atoms with van der Waals surface area (Å²) in [7, 11) is 0. The Hall–Kier alpha value is -2.50. The molecule has 2 N–H and O–H groups in total. The van der Waals surface area contributed by atoms with Crippen molar-refractivity contribution in [2.24, 2.45) is 0 Å². The molecule has 6 heteroatoms. The number of nitrogens with zero attached hydrogens (tertiary/aromatic N) is 3. The van der Waals surface area contributed by atoms with Gasteiger partial charge in [0.05, 0.1) is 17.8 Å². The highest BCUT2D eigenvalue weighted by Crippen LogP contribution is 2.11. The van der Waals surface area contributed by atoms with Gasteiger partial charge in [0.2, 0.25) is 0 Å². The lowest BCUT2D eigenvalue weighted by molar-refractivity contribution is 0.0696. The lowest BCUT2D eigenvalue weighted by Crippen LogP contribution is -2.06. The number of carboxylic acids is 1. The fourth-order valence-corrected chi connectivity index (χ4v) is 1.49. The Balaban J connectivity index is 2.12. The van der Waals surface area contributed by atoms with Gasteiger partial charge in [0.15, 0.2) is 0 Å². The highest BCUT2D eigenvalue weighted by atomic mass is 16.4. The van der Waals surface area contributed by atoms with Crippen LogP contribution in [-0.2, 0) is 6.54 Å². The number of carbonyl (C=O) groups is 1. The molecule has 0 saturated carbocycles. The minimum absolute atomic E-state index is 0.215. The minimum atomic E-state index is -0.967. The summed E-state index contributed by atoms with van der Waals surface area (Å²) in [5, 5.41) is 12.0. The second-order valence-electron chi connectivity index (χ2n) is 3.74. The predicted octanol–water partition coefficient (Wildman–Crippen LogP) is 1.49. The summed E-state index contributed by atoms with van der Waals surface area (Å²) >= 11 is 0. The molecule has 0 amide bonds. The van der Waals surface area contributed by atoms with E-state index in [1.807, 2.05) is 0 Å². The van der Waals surface area contributed by atoms with E-state index in [0.29, 0.717) is 18.1 Å². The van der Waals surface area contributed by atoms with Gasteiger partial charge >= 0.3 is 5.97 Å². The van der Waals surface area contributed by atoms with Gasteiger partial charge in [-0.25, -0.2) is 19.7 Å². The fraction of sp³-hybridized carbons (Fsp3) is 0.167. The van der Waals surface area contributed by atoms with E-state index in [4.69, 9.17) is 5.11 Å². The molecule has 2 aromatic rings. The van der Waals surface area contributed by atoms with Crippen LogP contribution in [0.5, 0.6) is 0 Å². The van der Waals surface area contributed by atoms with E-state index in [2.05, 4.69) is 20.3 Å². The molecule has 0 aliphatic heterocycles. The van der Waals surface area contributed by atoms with Gasteiger partial charge in [0, 0.05) is 11.9 Å². The standard InChI is InChI=1S/C12H12N4O2/c1-8-4-9(12(17)18)5-11(16-8)14-6-10-2-3-13-7-15-10/h2-5,7H,6H2,1H3,(H,14,16)(H,17,18). The number of carboxylic acid groups (broad SMARTS) is 1. The van der Waals surface area contributed by atoms with Gasteiger partial charge in [-0.2, -0.15) is 0 Å². The molecule has 0 saturated heterocycles. The van der Waals surface area contributed by atoms with Crippen molar-refractivity contribution < 1.29 is 9.90 Å². The van der Waals surface area contributed by atoms with E-state index in [1.54, 1.807) is 19.2 Å². The van der Waals surface area contributed by atoms with Crippen LogP contribution in [0.1, 0.15) is 21.7 Å². The molecule has 2 rings (SSSR count). The number of aromatic carboxylic acids is 1. The Morgan fingerprint density at radius 1 is 1.44 bits per heavy atom. The van der Waals surface area contributed by atoms with Crippen LogP contribution in [0, 0.1) is 6.92 Å². The zero-order valence-corrected chi connectivity index (χ0v) is 9.79. The van der Waals surface area contributed by atoms with Crippen molar-refractivity contribution in [3.8, 4) is 0 Å². The van der Waals surface area contributed by atoms with Gasteiger partial charge < -0.3 is 10.4 Å². The van der Waals surface area contributed by atoms with E-state index >= 15 is 0 Å². The molecule has 0 aliphatic carbocycles. The van der Waals surface area contributed by atoms with Crippen molar-refractivity contribution in [2.45, 2.75) is 13.5 Å². The van der Waals surface area contributed by atoms with Crippen molar-refractivity contribution >= 4 is 11.8 Å². The van der Waals surface area contributed by atoms with Crippen molar-refractivity contribution in [1.82, 2.24) is 15.0 Å². The number of nitrogens with one attached hydrogen (secondary N) is 1. The molecule has 2 heterocycles. The minimum Gasteiger partial charge on any atom is -0.478 e. The topological polar surface area (TPSA) is 88.0 Å². The maximum Gasteiger partial charge on any atom is 0.335 e. The number of pyridine rings is 1. The fourth-order valence-electron chi connectivity index (χ4n) is 1.49. The van der Waals surface area contributed by atoms with E-state index in [-0.39, 0.29) is 5.56 Å². The van der Waals surface area contributed by atoms with Crippen LogP contribution in [0.15, 0.2) is 30.7 Å². The summed E-state index contributed by atoms with van der Waals surface area (Å²) in [4.78, 5) is 23.0. The lowest BCUT2D eigenvalue weighted by Gasteiger charge is -2.07. The zero-order chi connectivity index (χ0) is 13.0. The maximum absolute atomic E-state index is 10.9. The molecule has 0 bridgehead atoms. The van der Waals surface area contributed by atoms with Crippen molar-refractivity contribution in [2.75, 3.05) is 5.32 Å². The number of anilines is 1.